The Kier molecular flexibility index (Phi) is 4.10. The SMILES string of the molecule is CCOC1CC(Nc2cc(Cl)cc(Cl)c2)C1(C)C. The van der Waals surface area contributed by atoms with Crippen LogP contribution in [0.4, 0.5) is 5.69 Å². The molecule has 0 amide bonds. The van der Waals surface area contributed by atoms with Gasteiger partial charge in [-0.1, -0.05) is 37.0 Å². The van der Waals surface area contributed by atoms with E-state index in [2.05, 4.69) is 19.2 Å². The number of hydrogen-bond donors (Lipinski definition) is 1. The average molecular weight is 288 g/mol. The number of ether oxygens (including phenoxy) is 1. The van der Waals surface area contributed by atoms with E-state index in [1.807, 2.05) is 19.1 Å². The summed E-state index contributed by atoms with van der Waals surface area (Å²) in [6, 6.07) is 5.93. The summed E-state index contributed by atoms with van der Waals surface area (Å²) in [7, 11) is 0. The van der Waals surface area contributed by atoms with Crippen molar-refractivity contribution in [3.63, 3.8) is 0 Å². The molecule has 1 aromatic carbocycles. The number of rotatable bonds is 4. The molecule has 0 heterocycles. The second-order valence-corrected chi connectivity index (χ2v) is 6.23. The van der Waals surface area contributed by atoms with Gasteiger partial charge in [-0.15, -0.1) is 0 Å². The van der Waals surface area contributed by atoms with Crippen LogP contribution < -0.4 is 5.32 Å². The Morgan fingerprint density at radius 2 is 1.89 bits per heavy atom. The van der Waals surface area contributed by atoms with Crippen molar-refractivity contribution in [1.29, 1.82) is 0 Å². The molecule has 100 valence electrons. The highest BCUT2D eigenvalue weighted by molar-refractivity contribution is 6.35. The van der Waals surface area contributed by atoms with Crippen LogP contribution in [0.2, 0.25) is 10.0 Å². The molecule has 0 aromatic heterocycles. The maximum atomic E-state index is 6.00. The number of halogens is 2. The molecule has 1 fully saturated rings. The van der Waals surface area contributed by atoms with Gasteiger partial charge < -0.3 is 10.1 Å². The predicted molar refractivity (Wildman–Crippen MR) is 77.7 cm³/mol. The molecule has 4 heteroatoms. The van der Waals surface area contributed by atoms with Gasteiger partial charge in [-0.05, 0) is 31.5 Å². The lowest BCUT2D eigenvalue weighted by Crippen LogP contribution is -2.58. The van der Waals surface area contributed by atoms with Gasteiger partial charge in [0.05, 0.1) is 6.10 Å². The highest BCUT2D eigenvalue weighted by Gasteiger charge is 2.48. The molecule has 1 aliphatic carbocycles. The standard InChI is InChI=1S/C14H19Cl2NO/c1-4-18-13-8-12(14(13,2)3)17-11-6-9(15)5-10(16)7-11/h5-7,12-13,17H,4,8H2,1-3H3. The summed E-state index contributed by atoms with van der Waals surface area (Å²) < 4.78 is 5.72. The van der Waals surface area contributed by atoms with E-state index in [1.165, 1.54) is 0 Å². The summed E-state index contributed by atoms with van der Waals surface area (Å²) in [6.45, 7) is 7.25. The van der Waals surface area contributed by atoms with Crippen LogP contribution >= 0.6 is 23.2 Å². The van der Waals surface area contributed by atoms with Crippen LogP contribution in [0.25, 0.3) is 0 Å². The molecular formula is C14H19Cl2NO. The zero-order valence-corrected chi connectivity index (χ0v) is 12.5. The maximum absolute atomic E-state index is 6.00. The van der Waals surface area contributed by atoms with E-state index < -0.39 is 0 Å². The van der Waals surface area contributed by atoms with E-state index in [-0.39, 0.29) is 5.41 Å². The number of anilines is 1. The topological polar surface area (TPSA) is 21.3 Å². The minimum absolute atomic E-state index is 0.130. The van der Waals surface area contributed by atoms with Crippen molar-refractivity contribution in [2.45, 2.75) is 39.3 Å². The third kappa shape index (κ3) is 2.76. The average Bonchev–Trinajstić information content (AvgIpc) is 2.26. The number of hydrogen-bond acceptors (Lipinski definition) is 2. The molecule has 0 spiro atoms. The molecule has 0 saturated heterocycles. The minimum Gasteiger partial charge on any atom is -0.381 e. The van der Waals surface area contributed by atoms with E-state index in [1.54, 1.807) is 6.07 Å². The summed E-state index contributed by atoms with van der Waals surface area (Å²) in [5, 5.41) is 4.80. The van der Waals surface area contributed by atoms with Crippen LogP contribution in [-0.4, -0.2) is 18.8 Å². The third-order valence-corrected chi connectivity index (χ3v) is 4.19. The summed E-state index contributed by atoms with van der Waals surface area (Å²) >= 11 is 12.0. The lowest BCUT2D eigenvalue weighted by molar-refractivity contribution is -0.0975. The van der Waals surface area contributed by atoms with Crippen LogP contribution in [0.3, 0.4) is 0 Å². The molecule has 2 rings (SSSR count). The van der Waals surface area contributed by atoms with Crippen molar-refractivity contribution in [3.05, 3.63) is 28.2 Å². The molecular weight excluding hydrogens is 269 g/mol. The summed E-state index contributed by atoms with van der Waals surface area (Å²) in [5.74, 6) is 0. The second-order valence-electron chi connectivity index (χ2n) is 5.36. The molecule has 2 unspecified atom stereocenters. The fraction of sp³-hybridized carbons (Fsp3) is 0.571. The van der Waals surface area contributed by atoms with Gasteiger partial charge in [0.1, 0.15) is 0 Å². The summed E-state index contributed by atoms with van der Waals surface area (Å²) in [4.78, 5) is 0. The van der Waals surface area contributed by atoms with E-state index in [0.717, 1.165) is 18.7 Å². The Balaban J connectivity index is 2.03. The Bertz CT molecular complexity index is 414. The maximum Gasteiger partial charge on any atom is 0.0665 e. The van der Waals surface area contributed by atoms with Crippen molar-refractivity contribution >= 4 is 28.9 Å². The van der Waals surface area contributed by atoms with Gasteiger partial charge in [-0.3, -0.25) is 0 Å². The molecule has 2 atom stereocenters. The van der Waals surface area contributed by atoms with Gasteiger partial charge in [0.2, 0.25) is 0 Å². The smallest absolute Gasteiger partial charge is 0.0665 e. The van der Waals surface area contributed by atoms with Gasteiger partial charge in [0.15, 0.2) is 0 Å². The molecule has 1 N–H and O–H groups in total. The molecule has 1 aliphatic rings. The van der Waals surface area contributed by atoms with Gasteiger partial charge in [-0.2, -0.15) is 0 Å². The van der Waals surface area contributed by atoms with Crippen molar-refractivity contribution in [1.82, 2.24) is 0 Å². The fourth-order valence-electron chi connectivity index (χ4n) is 2.45. The van der Waals surface area contributed by atoms with E-state index >= 15 is 0 Å². The molecule has 0 aliphatic heterocycles. The third-order valence-electron chi connectivity index (χ3n) is 3.75. The normalized spacial score (nSPS) is 25.6. The monoisotopic (exact) mass is 287 g/mol. The van der Waals surface area contributed by atoms with Crippen molar-refractivity contribution in [3.8, 4) is 0 Å². The minimum atomic E-state index is 0.130. The van der Waals surface area contributed by atoms with E-state index in [4.69, 9.17) is 27.9 Å². The zero-order valence-electron chi connectivity index (χ0n) is 11.0. The van der Waals surface area contributed by atoms with Crippen LogP contribution in [-0.2, 0) is 4.74 Å². The predicted octanol–water partition coefficient (Wildman–Crippen LogP) is 4.61. The Labute approximate surface area is 119 Å². The number of benzene rings is 1. The first-order valence-electron chi connectivity index (χ1n) is 6.27. The lowest BCUT2D eigenvalue weighted by atomic mass is 9.64. The van der Waals surface area contributed by atoms with Crippen LogP contribution in [0.5, 0.6) is 0 Å². The molecule has 0 bridgehead atoms. The molecule has 1 aromatic rings. The van der Waals surface area contributed by atoms with Crippen molar-refractivity contribution in [2.75, 3.05) is 11.9 Å². The summed E-state index contributed by atoms with van der Waals surface area (Å²) in [6.07, 6.45) is 1.35. The Morgan fingerprint density at radius 3 is 2.39 bits per heavy atom. The molecule has 18 heavy (non-hydrogen) atoms. The summed E-state index contributed by atoms with van der Waals surface area (Å²) in [5.41, 5.74) is 1.10. The lowest BCUT2D eigenvalue weighted by Gasteiger charge is -2.52. The van der Waals surface area contributed by atoms with E-state index in [0.29, 0.717) is 22.2 Å². The first-order chi connectivity index (χ1) is 8.43. The molecule has 0 radical (unpaired) electrons. The van der Waals surface area contributed by atoms with Gasteiger partial charge in [0.25, 0.3) is 0 Å². The van der Waals surface area contributed by atoms with E-state index in [9.17, 15) is 0 Å². The van der Waals surface area contributed by atoms with Gasteiger partial charge in [0, 0.05) is 33.8 Å². The first kappa shape index (κ1) is 14.0. The molecule has 2 nitrogen and oxygen atoms in total. The highest BCUT2D eigenvalue weighted by Crippen LogP contribution is 2.44. The van der Waals surface area contributed by atoms with Crippen molar-refractivity contribution in [2.24, 2.45) is 5.41 Å². The van der Waals surface area contributed by atoms with Gasteiger partial charge >= 0.3 is 0 Å². The Hall–Kier alpha value is -0.440. The van der Waals surface area contributed by atoms with Gasteiger partial charge in [-0.25, -0.2) is 0 Å². The van der Waals surface area contributed by atoms with Crippen molar-refractivity contribution < 1.29 is 4.74 Å². The second kappa shape index (κ2) is 5.28. The molecule has 1 saturated carbocycles. The Morgan fingerprint density at radius 1 is 1.28 bits per heavy atom. The van der Waals surface area contributed by atoms with Crippen LogP contribution in [0, 0.1) is 5.41 Å². The van der Waals surface area contributed by atoms with Crippen LogP contribution in [0.1, 0.15) is 27.2 Å². The zero-order chi connectivity index (χ0) is 13.3. The largest absolute Gasteiger partial charge is 0.381 e. The first-order valence-corrected chi connectivity index (χ1v) is 7.03. The quantitative estimate of drug-likeness (QED) is 0.873. The highest BCUT2D eigenvalue weighted by atomic mass is 35.5. The fourth-order valence-corrected chi connectivity index (χ4v) is 2.98. The number of nitrogens with one attached hydrogen (secondary N) is 1. The van der Waals surface area contributed by atoms with Crippen LogP contribution in [0.15, 0.2) is 18.2 Å².